The molecule has 2 aromatic carbocycles. The van der Waals surface area contributed by atoms with Crippen LogP contribution < -0.4 is 20.5 Å². The fraction of sp³-hybridized carbons (Fsp3) is 0.381. The van der Waals surface area contributed by atoms with Crippen LogP contribution in [0.1, 0.15) is 11.5 Å². The summed E-state index contributed by atoms with van der Waals surface area (Å²) < 4.78 is 10.6. The van der Waals surface area contributed by atoms with Crippen LogP contribution in [0.2, 0.25) is 0 Å². The summed E-state index contributed by atoms with van der Waals surface area (Å²) in [5.74, 6) is 1.90. The van der Waals surface area contributed by atoms with Crippen LogP contribution in [0.15, 0.2) is 48.5 Å². The molecule has 0 bridgehead atoms. The molecule has 1 heterocycles. The highest BCUT2D eigenvalue weighted by Crippen LogP contribution is 2.32. The second-order valence-corrected chi connectivity index (χ2v) is 6.82. The maximum Gasteiger partial charge on any atom is 0.238 e. The number of nitrogens with zero attached hydrogens (tertiary/aromatic N) is 1. The Morgan fingerprint density at radius 2 is 1.93 bits per heavy atom. The molecule has 3 rings (SSSR count). The van der Waals surface area contributed by atoms with Gasteiger partial charge in [0.1, 0.15) is 11.5 Å². The summed E-state index contributed by atoms with van der Waals surface area (Å²) in [6, 6.07) is 15.7. The summed E-state index contributed by atoms with van der Waals surface area (Å²) in [6.45, 7) is 2.58. The molecule has 6 heteroatoms. The summed E-state index contributed by atoms with van der Waals surface area (Å²) in [7, 11) is 3.17. The molecule has 3 N–H and O–H groups in total. The van der Waals surface area contributed by atoms with Crippen molar-refractivity contribution >= 4 is 11.6 Å². The third kappa shape index (κ3) is 4.59. The number of carbonyl (C=O) groups is 1. The zero-order valence-electron chi connectivity index (χ0n) is 15.9. The number of nitrogens with one attached hydrogen (secondary N) is 1. The summed E-state index contributed by atoms with van der Waals surface area (Å²) in [4.78, 5) is 14.8. The number of hydrogen-bond donors (Lipinski definition) is 2. The van der Waals surface area contributed by atoms with E-state index in [-0.39, 0.29) is 5.91 Å². The van der Waals surface area contributed by atoms with E-state index >= 15 is 0 Å². The van der Waals surface area contributed by atoms with Crippen molar-refractivity contribution < 1.29 is 14.3 Å². The van der Waals surface area contributed by atoms with Gasteiger partial charge in [-0.15, -0.1) is 0 Å². The molecule has 6 nitrogen and oxygen atoms in total. The standard InChI is InChI=1S/C21H27N3O3/c1-26-17-8-9-20(27-2)19(10-17)23-21(25)14-24-12-16(11-22)18(13-24)15-6-4-3-5-7-15/h3-10,16,18H,11-14,22H2,1-2H3,(H,23,25)/t16-,18+/m1/s1. The van der Waals surface area contributed by atoms with Gasteiger partial charge in [0.25, 0.3) is 0 Å². The number of nitrogens with two attached hydrogens (primary N) is 1. The van der Waals surface area contributed by atoms with E-state index in [2.05, 4.69) is 22.3 Å². The smallest absolute Gasteiger partial charge is 0.238 e. The number of benzene rings is 2. The lowest BCUT2D eigenvalue weighted by Gasteiger charge is -2.17. The van der Waals surface area contributed by atoms with E-state index in [1.54, 1.807) is 32.4 Å². The normalized spacial score (nSPS) is 19.7. The van der Waals surface area contributed by atoms with E-state index in [1.807, 2.05) is 18.2 Å². The van der Waals surface area contributed by atoms with Gasteiger partial charge in [-0.1, -0.05) is 30.3 Å². The van der Waals surface area contributed by atoms with Crippen molar-refractivity contribution in [3.05, 3.63) is 54.1 Å². The topological polar surface area (TPSA) is 76.8 Å². The van der Waals surface area contributed by atoms with Crippen LogP contribution in [0.5, 0.6) is 11.5 Å². The first kappa shape index (κ1) is 19.2. The number of amides is 1. The Kier molecular flexibility index (Phi) is 6.32. The Bertz CT molecular complexity index is 767. The van der Waals surface area contributed by atoms with Crippen molar-refractivity contribution in [3.8, 4) is 11.5 Å². The number of hydrogen-bond acceptors (Lipinski definition) is 5. The maximum atomic E-state index is 12.6. The van der Waals surface area contributed by atoms with Gasteiger partial charge >= 0.3 is 0 Å². The minimum atomic E-state index is -0.0777. The fourth-order valence-electron chi connectivity index (χ4n) is 3.71. The molecule has 1 fully saturated rings. The second kappa shape index (κ2) is 8.88. The van der Waals surface area contributed by atoms with E-state index in [4.69, 9.17) is 15.2 Å². The third-order valence-corrected chi connectivity index (χ3v) is 5.10. The lowest BCUT2D eigenvalue weighted by Crippen LogP contribution is -2.32. The molecule has 1 aliphatic rings. The van der Waals surface area contributed by atoms with Gasteiger partial charge in [0.2, 0.25) is 5.91 Å². The Hall–Kier alpha value is -2.57. The molecular formula is C21H27N3O3. The number of carbonyl (C=O) groups excluding carboxylic acids is 1. The first-order valence-corrected chi connectivity index (χ1v) is 9.13. The lowest BCUT2D eigenvalue weighted by molar-refractivity contribution is -0.117. The molecule has 0 aromatic heterocycles. The molecule has 144 valence electrons. The van der Waals surface area contributed by atoms with Crippen molar-refractivity contribution in [3.63, 3.8) is 0 Å². The van der Waals surface area contributed by atoms with Crippen molar-refractivity contribution in [2.75, 3.05) is 45.7 Å². The molecule has 2 atom stereocenters. The van der Waals surface area contributed by atoms with Crippen LogP contribution in [0.25, 0.3) is 0 Å². The quantitative estimate of drug-likeness (QED) is 0.783. The predicted octanol–water partition coefficient (Wildman–Crippen LogP) is 2.32. The minimum absolute atomic E-state index is 0.0777. The lowest BCUT2D eigenvalue weighted by atomic mass is 9.89. The van der Waals surface area contributed by atoms with Gasteiger partial charge < -0.3 is 20.5 Å². The summed E-state index contributed by atoms with van der Waals surface area (Å²) >= 11 is 0. The largest absolute Gasteiger partial charge is 0.497 e. The van der Waals surface area contributed by atoms with Gasteiger partial charge in [-0.3, -0.25) is 9.69 Å². The highest BCUT2D eigenvalue weighted by molar-refractivity contribution is 5.94. The zero-order chi connectivity index (χ0) is 19.2. The average molecular weight is 369 g/mol. The van der Waals surface area contributed by atoms with Crippen LogP contribution in [0, 0.1) is 5.92 Å². The molecule has 27 heavy (non-hydrogen) atoms. The van der Waals surface area contributed by atoms with Gasteiger partial charge in [-0.25, -0.2) is 0 Å². The van der Waals surface area contributed by atoms with Gasteiger partial charge in [-0.2, -0.15) is 0 Å². The van der Waals surface area contributed by atoms with Crippen molar-refractivity contribution in [1.29, 1.82) is 0 Å². The molecule has 2 aromatic rings. The Balaban J connectivity index is 1.65. The molecule has 1 aliphatic heterocycles. The van der Waals surface area contributed by atoms with Crippen LogP contribution in [-0.4, -0.2) is 51.2 Å². The van der Waals surface area contributed by atoms with Crippen LogP contribution >= 0.6 is 0 Å². The van der Waals surface area contributed by atoms with E-state index in [9.17, 15) is 4.79 Å². The van der Waals surface area contributed by atoms with Gasteiger partial charge in [-0.05, 0) is 30.2 Å². The van der Waals surface area contributed by atoms with Crippen molar-refractivity contribution in [2.24, 2.45) is 11.7 Å². The summed E-state index contributed by atoms with van der Waals surface area (Å²) in [5, 5.41) is 2.93. The molecular weight excluding hydrogens is 342 g/mol. The van der Waals surface area contributed by atoms with Crippen LogP contribution in [0.3, 0.4) is 0 Å². The predicted molar refractivity (Wildman–Crippen MR) is 106 cm³/mol. The van der Waals surface area contributed by atoms with Crippen molar-refractivity contribution in [2.45, 2.75) is 5.92 Å². The molecule has 1 amide bonds. The Morgan fingerprint density at radius 1 is 1.15 bits per heavy atom. The maximum absolute atomic E-state index is 12.6. The van der Waals surface area contributed by atoms with Gasteiger partial charge in [0.15, 0.2) is 0 Å². The zero-order valence-corrected chi connectivity index (χ0v) is 15.9. The number of rotatable bonds is 7. The molecule has 0 unspecified atom stereocenters. The molecule has 0 saturated carbocycles. The molecule has 1 saturated heterocycles. The third-order valence-electron chi connectivity index (χ3n) is 5.10. The first-order valence-electron chi connectivity index (χ1n) is 9.13. The molecule has 0 spiro atoms. The fourth-order valence-corrected chi connectivity index (χ4v) is 3.71. The Labute approximate surface area is 160 Å². The minimum Gasteiger partial charge on any atom is -0.497 e. The monoisotopic (exact) mass is 369 g/mol. The van der Waals surface area contributed by atoms with Crippen LogP contribution in [-0.2, 0) is 4.79 Å². The average Bonchev–Trinajstić information content (AvgIpc) is 3.11. The Morgan fingerprint density at radius 3 is 2.59 bits per heavy atom. The van der Waals surface area contributed by atoms with E-state index in [0.717, 1.165) is 13.1 Å². The van der Waals surface area contributed by atoms with Crippen molar-refractivity contribution in [1.82, 2.24) is 4.90 Å². The summed E-state index contributed by atoms with van der Waals surface area (Å²) in [5.41, 5.74) is 7.88. The van der Waals surface area contributed by atoms with Gasteiger partial charge in [0, 0.05) is 25.1 Å². The number of ether oxygens (including phenoxy) is 2. The number of anilines is 1. The molecule has 0 aliphatic carbocycles. The van der Waals surface area contributed by atoms with E-state index in [1.165, 1.54) is 5.56 Å². The highest BCUT2D eigenvalue weighted by atomic mass is 16.5. The second-order valence-electron chi connectivity index (χ2n) is 6.82. The SMILES string of the molecule is COc1ccc(OC)c(NC(=O)CN2C[C@@H](CN)[C@H](c3ccccc3)C2)c1. The summed E-state index contributed by atoms with van der Waals surface area (Å²) in [6.07, 6.45) is 0. The van der Waals surface area contributed by atoms with E-state index < -0.39 is 0 Å². The number of likely N-dealkylation sites (tertiary alicyclic amines) is 1. The first-order chi connectivity index (χ1) is 13.1. The van der Waals surface area contributed by atoms with Crippen LogP contribution in [0.4, 0.5) is 5.69 Å². The number of methoxy groups -OCH3 is 2. The molecule has 0 radical (unpaired) electrons. The van der Waals surface area contributed by atoms with E-state index in [0.29, 0.717) is 42.1 Å². The highest BCUT2D eigenvalue weighted by Gasteiger charge is 2.33. The van der Waals surface area contributed by atoms with Gasteiger partial charge in [0.05, 0.1) is 26.5 Å².